The summed E-state index contributed by atoms with van der Waals surface area (Å²) in [5.41, 5.74) is 1.62. The molecule has 6 nitrogen and oxygen atoms in total. The molecule has 0 N–H and O–H groups in total. The lowest BCUT2D eigenvalue weighted by molar-refractivity contribution is -0.122. The topological polar surface area (TPSA) is 68.2 Å². The van der Waals surface area contributed by atoms with E-state index in [2.05, 4.69) is 15.0 Å². The first kappa shape index (κ1) is 13.5. The van der Waals surface area contributed by atoms with Gasteiger partial charge in [-0.05, 0) is 26.0 Å². The number of aromatic nitrogens is 3. The van der Waals surface area contributed by atoms with Crippen LogP contribution in [0, 0.1) is 13.8 Å². The van der Waals surface area contributed by atoms with E-state index < -0.39 is 6.10 Å². The van der Waals surface area contributed by atoms with E-state index in [0.29, 0.717) is 30.2 Å². The summed E-state index contributed by atoms with van der Waals surface area (Å²) >= 11 is 0. The standard InChI is InChI=1S/C15H16N4O2/c1-10-3-4-13(9-16-10)21-14-5-6-19(15(14)20)12-7-17-11(2)18-8-12/h3-4,7-9,14H,5-6H2,1-2H3. The summed E-state index contributed by atoms with van der Waals surface area (Å²) in [5.74, 6) is 1.23. The molecule has 1 atom stereocenters. The van der Waals surface area contributed by atoms with Crippen LogP contribution >= 0.6 is 0 Å². The van der Waals surface area contributed by atoms with E-state index in [9.17, 15) is 4.79 Å². The van der Waals surface area contributed by atoms with E-state index in [1.54, 1.807) is 23.5 Å². The number of hydrogen-bond acceptors (Lipinski definition) is 5. The van der Waals surface area contributed by atoms with E-state index in [-0.39, 0.29) is 5.91 Å². The van der Waals surface area contributed by atoms with Crippen LogP contribution in [0.4, 0.5) is 5.69 Å². The molecule has 0 saturated carbocycles. The van der Waals surface area contributed by atoms with Gasteiger partial charge in [-0.25, -0.2) is 9.97 Å². The average molecular weight is 284 g/mol. The highest BCUT2D eigenvalue weighted by molar-refractivity contribution is 5.98. The van der Waals surface area contributed by atoms with Gasteiger partial charge < -0.3 is 9.64 Å². The molecule has 1 aliphatic heterocycles. The van der Waals surface area contributed by atoms with Crippen molar-refractivity contribution in [3.8, 4) is 5.75 Å². The summed E-state index contributed by atoms with van der Waals surface area (Å²) in [7, 11) is 0. The summed E-state index contributed by atoms with van der Waals surface area (Å²) < 4.78 is 5.72. The maximum atomic E-state index is 12.4. The Morgan fingerprint density at radius 3 is 2.57 bits per heavy atom. The molecule has 0 bridgehead atoms. The Balaban J connectivity index is 1.71. The maximum absolute atomic E-state index is 12.4. The lowest BCUT2D eigenvalue weighted by Gasteiger charge is -2.16. The highest BCUT2D eigenvalue weighted by Gasteiger charge is 2.34. The minimum atomic E-state index is -0.476. The molecule has 1 amide bonds. The number of nitrogens with zero attached hydrogens (tertiary/aromatic N) is 4. The minimum absolute atomic E-state index is 0.0666. The molecule has 3 rings (SSSR count). The Morgan fingerprint density at radius 2 is 1.90 bits per heavy atom. The van der Waals surface area contributed by atoms with Crippen molar-refractivity contribution >= 4 is 11.6 Å². The van der Waals surface area contributed by atoms with Crippen molar-refractivity contribution < 1.29 is 9.53 Å². The Morgan fingerprint density at radius 1 is 1.14 bits per heavy atom. The number of amides is 1. The fourth-order valence-corrected chi connectivity index (χ4v) is 2.23. The van der Waals surface area contributed by atoms with Gasteiger partial charge >= 0.3 is 0 Å². The lowest BCUT2D eigenvalue weighted by Crippen LogP contribution is -2.32. The number of hydrogen-bond donors (Lipinski definition) is 0. The van der Waals surface area contributed by atoms with Gasteiger partial charge in [0, 0.05) is 18.7 Å². The van der Waals surface area contributed by atoms with Crippen LogP contribution < -0.4 is 9.64 Å². The van der Waals surface area contributed by atoms with Crippen molar-refractivity contribution in [2.45, 2.75) is 26.4 Å². The first-order chi connectivity index (χ1) is 10.1. The molecule has 6 heteroatoms. The number of pyridine rings is 1. The first-order valence-electron chi connectivity index (χ1n) is 6.83. The van der Waals surface area contributed by atoms with Crippen LogP contribution in [0.1, 0.15) is 17.9 Å². The van der Waals surface area contributed by atoms with Crippen LogP contribution in [-0.2, 0) is 4.79 Å². The number of ether oxygens (including phenoxy) is 1. The van der Waals surface area contributed by atoms with Gasteiger partial charge in [0.05, 0.1) is 24.3 Å². The monoisotopic (exact) mass is 284 g/mol. The molecular formula is C15H16N4O2. The van der Waals surface area contributed by atoms with Gasteiger partial charge in [0.2, 0.25) is 0 Å². The van der Waals surface area contributed by atoms with Gasteiger partial charge in [-0.15, -0.1) is 0 Å². The summed E-state index contributed by atoms with van der Waals surface area (Å²) in [4.78, 5) is 26.5. The van der Waals surface area contributed by atoms with Crippen molar-refractivity contribution in [2.24, 2.45) is 0 Å². The third kappa shape index (κ3) is 2.84. The number of carbonyl (C=O) groups excluding carboxylic acids is 1. The molecule has 0 aromatic carbocycles. The van der Waals surface area contributed by atoms with E-state index in [0.717, 1.165) is 5.69 Å². The van der Waals surface area contributed by atoms with Gasteiger partial charge in [0.1, 0.15) is 11.6 Å². The Kier molecular flexibility index (Phi) is 3.51. The largest absolute Gasteiger partial charge is 0.479 e. The second-order valence-electron chi connectivity index (χ2n) is 5.01. The van der Waals surface area contributed by atoms with Gasteiger partial charge in [-0.2, -0.15) is 0 Å². The summed E-state index contributed by atoms with van der Waals surface area (Å²) in [6, 6.07) is 3.69. The van der Waals surface area contributed by atoms with Crippen LogP contribution in [0.25, 0.3) is 0 Å². The van der Waals surface area contributed by atoms with Crippen molar-refractivity contribution in [3.63, 3.8) is 0 Å². The molecule has 0 aliphatic carbocycles. The number of anilines is 1. The predicted octanol–water partition coefficient (Wildman–Crippen LogP) is 1.67. The van der Waals surface area contributed by atoms with Gasteiger partial charge in [-0.3, -0.25) is 9.78 Å². The van der Waals surface area contributed by atoms with E-state index >= 15 is 0 Å². The van der Waals surface area contributed by atoms with E-state index in [4.69, 9.17) is 4.74 Å². The highest BCUT2D eigenvalue weighted by atomic mass is 16.5. The first-order valence-corrected chi connectivity index (χ1v) is 6.83. The Hall–Kier alpha value is -2.50. The van der Waals surface area contributed by atoms with Crippen molar-refractivity contribution in [2.75, 3.05) is 11.4 Å². The molecule has 1 fully saturated rings. The lowest BCUT2D eigenvalue weighted by atomic mass is 10.3. The molecule has 1 aliphatic rings. The van der Waals surface area contributed by atoms with Crippen LogP contribution in [0.2, 0.25) is 0 Å². The van der Waals surface area contributed by atoms with Crippen LogP contribution in [-0.4, -0.2) is 33.5 Å². The van der Waals surface area contributed by atoms with Crippen molar-refractivity contribution in [1.82, 2.24) is 15.0 Å². The van der Waals surface area contributed by atoms with Crippen molar-refractivity contribution in [1.29, 1.82) is 0 Å². The molecule has 21 heavy (non-hydrogen) atoms. The van der Waals surface area contributed by atoms with E-state index in [1.807, 2.05) is 26.0 Å². The minimum Gasteiger partial charge on any atom is -0.479 e. The zero-order chi connectivity index (χ0) is 14.8. The fourth-order valence-electron chi connectivity index (χ4n) is 2.23. The quantitative estimate of drug-likeness (QED) is 0.857. The normalized spacial score (nSPS) is 18.1. The highest BCUT2D eigenvalue weighted by Crippen LogP contribution is 2.23. The zero-order valence-corrected chi connectivity index (χ0v) is 12.0. The predicted molar refractivity (Wildman–Crippen MR) is 77.1 cm³/mol. The summed E-state index contributed by atoms with van der Waals surface area (Å²) in [6.45, 7) is 4.32. The van der Waals surface area contributed by atoms with Crippen molar-refractivity contribution in [3.05, 3.63) is 42.2 Å². The van der Waals surface area contributed by atoms with Crippen LogP contribution in [0.3, 0.4) is 0 Å². The number of aryl methyl sites for hydroxylation is 2. The summed E-state index contributed by atoms with van der Waals surface area (Å²) in [5, 5.41) is 0. The molecule has 1 saturated heterocycles. The van der Waals surface area contributed by atoms with Gasteiger partial charge in [0.25, 0.3) is 5.91 Å². The smallest absolute Gasteiger partial charge is 0.268 e. The molecule has 0 spiro atoms. The van der Waals surface area contributed by atoms with E-state index in [1.165, 1.54) is 0 Å². The second kappa shape index (κ2) is 5.47. The van der Waals surface area contributed by atoms with Crippen LogP contribution in [0.15, 0.2) is 30.7 Å². The molecule has 2 aromatic rings. The molecule has 3 heterocycles. The third-order valence-electron chi connectivity index (χ3n) is 3.40. The Bertz CT molecular complexity index is 640. The molecule has 2 aromatic heterocycles. The molecule has 1 unspecified atom stereocenters. The third-order valence-corrected chi connectivity index (χ3v) is 3.40. The number of carbonyl (C=O) groups is 1. The molecule has 0 radical (unpaired) electrons. The number of rotatable bonds is 3. The Labute approximate surface area is 122 Å². The average Bonchev–Trinajstić information content (AvgIpc) is 2.84. The SMILES string of the molecule is Cc1ccc(OC2CCN(c3cnc(C)nc3)C2=O)cn1. The summed E-state index contributed by atoms with van der Waals surface area (Å²) in [6.07, 6.45) is 5.13. The maximum Gasteiger partial charge on any atom is 0.268 e. The fraction of sp³-hybridized carbons (Fsp3) is 0.333. The van der Waals surface area contributed by atoms with Gasteiger partial charge in [-0.1, -0.05) is 0 Å². The second-order valence-corrected chi connectivity index (χ2v) is 5.01. The molecular weight excluding hydrogens is 268 g/mol. The molecule has 108 valence electrons. The van der Waals surface area contributed by atoms with Gasteiger partial charge in [0.15, 0.2) is 6.10 Å². The van der Waals surface area contributed by atoms with Crippen LogP contribution in [0.5, 0.6) is 5.75 Å². The zero-order valence-electron chi connectivity index (χ0n) is 12.0.